The first-order chi connectivity index (χ1) is 11.2. The summed E-state index contributed by atoms with van der Waals surface area (Å²) in [6, 6.07) is 0. The van der Waals surface area contributed by atoms with E-state index in [0.29, 0.717) is 0 Å². The summed E-state index contributed by atoms with van der Waals surface area (Å²) >= 11 is 0. The average molecular weight is 323 g/mol. The molecule has 23 heavy (non-hydrogen) atoms. The number of piperidine rings is 1. The molecule has 5 nitrogen and oxygen atoms in total. The highest BCUT2D eigenvalue weighted by Crippen LogP contribution is 2.30. The van der Waals surface area contributed by atoms with Gasteiger partial charge in [0.15, 0.2) is 5.96 Å². The van der Waals surface area contributed by atoms with Crippen LogP contribution in [0.15, 0.2) is 4.99 Å². The monoisotopic (exact) mass is 323 g/mol. The highest BCUT2D eigenvalue weighted by atomic mass is 16.5. The van der Waals surface area contributed by atoms with E-state index in [1.165, 1.54) is 39.2 Å². The van der Waals surface area contributed by atoms with Crippen LogP contribution in [-0.2, 0) is 9.53 Å². The van der Waals surface area contributed by atoms with Crippen LogP contribution in [0.1, 0.15) is 51.9 Å². The zero-order valence-electron chi connectivity index (χ0n) is 15.0. The molecule has 1 saturated carbocycles. The number of hydrogen-bond acceptors (Lipinski definition) is 3. The van der Waals surface area contributed by atoms with Crippen LogP contribution in [0.3, 0.4) is 0 Å². The molecule has 1 saturated heterocycles. The maximum Gasteiger partial charge on any atom is 0.308 e. The van der Waals surface area contributed by atoms with E-state index in [1.54, 1.807) is 0 Å². The summed E-state index contributed by atoms with van der Waals surface area (Å²) in [4.78, 5) is 18.3. The van der Waals surface area contributed by atoms with Crippen LogP contribution in [0.4, 0.5) is 0 Å². The Kier molecular flexibility index (Phi) is 7.18. The fourth-order valence-electron chi connectivity index (χ4n) is 3.91. The van der Waals surface area contributed by atoms with Crippen molar-refractivity contribution in [1.82, 2.24) is 10.2 Å². The number of carbonyl (C=O) groups excluding carboxylic acids is 1. The summed E-state index contributed by atoms with van der Waals surface area (Å²) in [7, 11) is 3.32. The predicted molar refractivity (Wildman–Crippen MR) is 93.4 cm³/mol. The first kappa shape index (κ1) is 18.1. The smallest absolute Gasteiger partial charge is 0.308 e. The number of hydrogen-bond donors (Lipinski definition) is 1. The molecule has 0 amide bonds. The Morgan fingerprint density at radius 2 is 1.74 bits per heavy atom. The third kappa shape index (κ3) is 5.11. The van der Waals surface area contributed by atoms with Crippen molar-refractivity contribution in [2.45, 2.75) is 51.9 Å². The number of nitrogens with one attached hydrogen (secondary N) is 1. The highest BCUT2D eigenvalue weighted by molar-refractivity contribution is 5.80. The van der Waals surface area contributed by atoms with Crippen molar-refractivity contribution in [1.29, 1.82) is 0 Å². The summed E-state index contributed by atoms with van der Waals surface area (Å²) in [5.74, 6) is 2.70. The lowest BCUT2D eigenvalue weighted by molar-refractivity contribution is -0.146. The van der Waals surface area contributed by atoms with Crippen molar-refractivity contribution in [2.24, 2.45) is 22.7 Å². The molecule has 1 heterocycles. The van der Waals surface area contributed by atoms with E-state index >= 15 is 0 Å². The number of aliphatic imine (C=N–C) groups is 1. The number of ether oxygens (including phenoxy) is 1. The number of methoxy groups -OCH3 is 1. The molecular weight excluding hydrogens is 290 g/mol. The van der Waals surface area contributed by atoms with E-state index in [4.69, 9.17) is 4.74 Å². The molecule has 0 unspecified atom stereocenters. The van der Waals surface area contributed by atoms with Crippen molar-refractivity contribution in [3.63, 3.8) is 0 Å². The van der Waals surface area contributed by atoms with E-state index < -0.39 is 0 Å². The van der Waals surface area contributed by atoms with Gasteiger partial charge in [-0.25, -0.2) is 0 Å². The summed E-state index contributed by atoms with van der Waals surface area (Å²) in [5.41, 5.74) is 0. The topological polar surface area (TPSA) is 53.9 Å². The van der Waals surface area contributed by atoms with Crippen LogP contribution in [-0.4, -0.2) is 50.6 Å². The lowest BCUT2D eigenvalue weighted by Gasteiger charge is -2.34. The summed E-state index contributed by atoms with van der Waals surface area (Å²) < 4.78 is 4.85. The lowest BCUT2D eigenvalue weighted by atomic mass is 9.81. The van der Waals surface area contributed by atoms with Crippen molar-refractivity contribution in [3.8, 4) is 0 Å². The molecule has 0 radical (unpaired) electrons. The van der Waals surface area contributed by atoms with Crippen LogP contribution in [0, 0.1) is 17.8 Å². The zero-order valence-corrected chi connectivity index (χ0v) is 15.0. The SMILES string of the molecule is CCC1CCC(CNC(=NC)N2CCC(C(=O)OC)CC2)CC1. The van der Waals surface area contributed by atoms with Gasteiger partial charge < -0.3 is 15.0 Å². The zero-order chi connectivity index (χ0) is 16.7. The molecule has 1 N–H and O–H groups in total. The van der Waals surface area contributed by atoms with E-state index in [2.05, 4.69) is 22.1 Å². The largest absolute Gasteiger partial charge is 0.469 e. The van der Waals surface area contributed by atoms with Crippen molar-refractivity contribution in [2.75, 3.05) is 33.8 Å². The summed E-state index contributed by atoms with van der Waals surface area (Å²) in [6.45, 7) is 5.09. The minimum Gasteiger partial charge on any atom is -0.469 e. The normalized spacial score (nSPS) is 26.9. The van der Waals surface area contributed by atoms with Gasteiger partial charge >= 0.3 is 5.97 Å². The molecular formula is C18H33N3O2. The molecule has 5 heteroatoms. The highest BCUT2D eigenvalue weighted by Gasteiger charge is 2.27. The molecule has 2 fully saturated rings. The Labute approximate surface area is 140 Å². The second kappa shape index (κ2) is 9.14. The van der Waals surface area contributed by atoms with Crippen LogP contribution >= 0.6 is 0 Å². The van der Waals surface area contributed by atoms with Crippen LogP contribution < -0.4 is 5.32 Å². The van der Waals surface area contributed by atoms with Gasteiger partial charge in [0.05, 0.1) is 13.0 Å². The predicted octanol–water partition coefficient (Wildman–Crippen LogP) is 2.66. The number of rotatable bonds is 4. The van der Waals surface area contributed by atoms with Crippen LogP contribution in [0.25, 0.3) is 0 Å². The molecule has 0 aromatic carbocycles. The number of esters is 1. The van der Waals surface area contributed by atoms with Gasteiger partial charge in [0.2, 0.25) is 0 Å². The minimum absolute atomic E-state index is 0.0543. The van der Waals surface area contributed by atoms with Gasteiger partial charge in [-0.15, -0.1) is 0 Å². The van der Waals surface area contributed by atoms with Gasteiger partial charge in [-0.2, -0.15) is 0 Å². The Balaban J connectivity index is 1.73. The van der Waals surface area contributed by atoms with Gasteiger partial charge in [0.25, 0.3) is 0 Å². The van der Waals surface area contributed by atoms with Gasteiger partial charge in [-0.05, 0) is 37.5 Å². The number of guanidine groups is 1. The molecule has 1 aliphatic carbocycles. The molecule has 0 bridgehead atoms. The number of carbonyl (C=O) groups is 1. The maximum atomic E-state index is 11.6. The van der Waals surface area contributed by atoms with Gasteiger partial charge in [0.1, 0.15) is 0 Å². The van der Waals surface area contributed by atoms with E-state index in [1.807, 2.05) is 7.05 Å². The Hall–Kier alpha value is -1.26. The standard InChI is InChI=1S/C18H33N3O2/c1-4-14-5-7-15(8-6-14)13-20-18(19-2)21-11-9-16(10-12-21)17(22)23-3/h14-16H,4-13H2,1-3H3,(H,19,20). The molecule has 2 rings (SSSR count). The quantitative estimate of drug-likeness (QED) is 0.491. The first-order valence-corrected chi connectivity index (χ1v) is 9.21. The maximum absolute atomic E-state index is 11.6. The molecule has 0 spiro atoms. The number of likely N-dealkylation sites (tertiary alicyclic amines) is 1. The Morgan fingerprint density at radius 1 is 1.13 bits per heavy atom. The first-order valence-electron chi connectivity index (χ1n) is 9.21. The molecule has 0 atom stereocenters. The molecule has 1 aliphatic heterocycles. The van der Waals surface area contributed by atoms with Gasteiger partial charge in [0, 0.05) is 26.7 Å². The van der Waals surface area contributed by atoms with Crippen molar-refractivity contribution < 1.29 is 9.53 Å². The van der Waals surface area contributed by atoms with Crippen molar-refractivity contribution in [3.05, 3.63) is 0 Å². The molecule has 132 valence electrons. The lowest BCUT2D eigenvalue weighted by Crippen LogP contribution is -2.47. The van der Waals surface area contributed by atoms with Crippen molar-refractivity contribution >= 4 is 11.9 Å². The fourth-order valence-corrected chi connectivity index (χ4v) is 3.91. The van der Waals surface area contributed by atoms with E-state index in [9.17, 15) is 4.79 Å². The second-order valence-corrected chi connectivity index (χ2v) is 7.01. The fraction of sp³-hybridized carbons (Fsp3) is 0.889. The number of nitrogens with zero attached hydrogens (tertiary/aromatic N) is 2. The third-order valence-corrected chi connectivity index (χ3v) is 5.63. The molecule has 2 aliphatic rings. The third-order valence-electron chi connectivity index (χ3n) is 5.63. The minimum atomic E-state index is -0.0692. The Morgan fingerprint density at radius 3 is 2.26 bits per heavy atom. The summed E-state index contributed by atoms with van der Waals surface area (Å²) in [6.07, 6.45) is 8.48. The van der Waals surface area contributed by atoms with Crippen LogP contribution in [0.2, 0.25) is 0 Å². The van der Waals surface area contributed by atoms with E-state index in [-0.39, 0.29) is 11.9 Å². The average Bonchev–Trinajstić information content (AvgIpc) is 2.62. The molecule has 0 aromatic heterocycles. The van der Waals surface area contributed by atoms with Gasteiger partial charge in [-0.1, -0.05) is 26.2 Å². The van der Waals surface area contributed by atoms with Crippen LogP contribution in [0.5, 0.6) is 0 Å². The molecule has 0 aromatic rings. The summed E-state index contributed by atoms with van der Waals surface area (Å²) in [5, 5.41) is 3.56. The van der Waals surface area contributed by atoms with E-state index in [0.717, 1.165) is 50.3 Å². The van der Waals surface area contributed by atoms with Gasteiger partial charge in [-0.3, -0.25) is 9.79 Å². The second-order valence-electron chi connectivity index (χ2n) is 7.01. The Bertz CT molecular complexity index is 395.